The zero-order valence-corrected chi connectivity index (χ0v) is 11.3. The Kier molecular flexibility index (Phi) is 3.34. The minimum absolute atomic E-state index is 0.118. The van der Waals surface area contributed by atoms with Crippen LogP contribution in [0.15, 0.2) is 18.2 Å². The molecule has 0 saturated heterocycles. The summed E-state index contributed by atoms with van der Waals surface area (Å²) in [5.74, 6) is -0.988. The molecule has 1 aromatic carbocycles. The molecule has 0 aliphatic heterocycles. The van der Waals surface area contributed by atoms with Crippen molar-refractivity contribution in [1.29, 1.82) is 0 Å². The molecule has 2 rings (SSSR count). The van der Waals surface area contributed by atoms with E-state index >= 15 is 0 Å². The average molecular weight is 262 g/mol. The van der Waals surface area contributed by atoms with Crippen LogP contribution in [0.2, 0.25) is 0 Å². The summed E-state index contributed by atoms with van der Waals surface area (Å²) in [6.45, 7) is 5.82. The number of rotatable bonds is 3. The Bertz CT molecular complexity index is 605. The molecule has 1 heterocycles. The molecular formula is C13H14N2O2S. The van der Waals surface area contributed by atoms with E-state index in [0.29, 0.717) is 10.0 Å². The lowest BCUT2D eigenvalue weighted by Gasteiger charge is -2.08. The van der Waals surface area contributed by atoms with Crippen molar-refractivity contribution in [3.8, 4) is 0 Å². The molecule has 0 bridgehead atoms. The molecule has 0 radical (unpaired) electrons. The topological polar surface area (TPSA) is 62.2 Å². The SMILES string of the molecule is Cc1cccc(Nc2nc(C(=O)O)c(C)s2)c1C. The largest absolute Gasteiger partial charge is 0.476 e. The molecule has 18 heavy (non-hydrogen) atoms. The van der Waals surface area contributed by atoms with Gasteiger partial charge in [0, 0.05) is 10.6 Å². The standard InChI is InChI=1S/C13H14N2O2S/c1-7-5-4-6-10(8(7)2)14-13-15-11(12(16)17)9(3)18-13/h4-6H,1-3H3,(H,14,15)(H,16,17). The zero-order chi connectivity index (χ0) is 13.3. The van der Waals surface area contributed by atoms with Crippen LogP contribution in [0.5, 0.6) is 0 Å². The van der Waals surface area contributed by atoms with Gasteiger partial charge < -0.3 is 10.4 Å². The van der Waals surface area contributed by atoms with Crippen LogP contribution in [0, 0.1) is 20.8 Å². The summed E-state index contributed by atoms with van der Waals surface area (Å²) < 4.78 is 0. The number of hydrogen-bond acceptors (Lipinski definition) is 4. The Morgan fingerprint density at radius 3 is 2.67 bits per heavy atom. The number of nitrogens with zero attached hydrogens (tertiary/aromatic N) is 1. The predicted molar refractivity (Wildman–Crippen MR) is 73.0 cm³/mol. The van der Waals surface area contributed by atoms with Crippen molar-refractivity contribution in [1.82, 2.24) is 4.98 Å². The molecule has 0 aliphatic rings. The van der Waals surface area contributed by atoms with E-state index in [1.165, 1.54) is 16.9 Å². The van der Waals surface area contributed by atoms with E-state index < -0.39 is 5.97 Å². The monoisotopic (exact) mass is 262 g/mol. The van der Waals surface area contributed by atoms with E-state index in [4.69, 9.17) is 5.11 Å². The van der Waals surface area contributed by atoms with Gasteiger partial charge in [0.1, 0.15) is 0 Å². The fourth-order valence-corrected chi connectivity index (χ4v) is 2.47. The molecule has 1 aromatic heterocycles. The van der Waals surface area contributed by atoms with Gasteiger partial charge in [0.25, 0.3) is 0 Å². The first-order valence-electron chi connectivity index (χ1n) is 5.53. The Labute approximate surface area is 109 Å². The highest BCUT2D eigenvalue weighted by molar-refractivity contribution is 7.15. The minimum atomic E-state index is -0.988. The third-order valence-electron chi connectivity index (χ3n) is 2.85. The van der Waals surface area contributed by atoms with E-state index in [-0.39, 0.29) is 5.69 Å². The molecule has 94 valence electrons. The first kappa shape index (κ1) is 12.6. The molecule has 5 heteroatoms. The van der Waals surface area contributed by atoms with Gasteiger partial charge in [0.2, 0.25) is 0 Å². The van der Waals surface area contributed by atoms with Gasteiger partial charge in [0.15, 0.2) is 10.8 Å². The predicted octanol–water partition coefficient (Wildman–Crippen LogP) is 3.51. The summed E-state index contributed by atoms with van der Waals surface area (Å²) >= 11 is 1.35. The van der Waals surface area contributed by atoms with Crippen LogP contribution >= 0.6 is 11.3 Å². The number of thiazole rings is 1. The molecule has 0 unspecified atom stereocenters. The second-order valence-electron chi connectivity index (χ2n) is 4.10. The Morgan fingerprint density at radius 1 is 1.33 bits per heavy atom. The number of carboxylic acid groups (broad SMARTS) is 1. The van der Waals surface area contributed by atoms with Gasteiger partial charge in [-0.1, -0.05) is 12.1 Å². The summed E-state index contributed by atoms with van der Waals surface area (Å²) in [4.78, 5) is 15.7. The second kappa shape index (κ2) is 4.78. The third-order valence-corrected chi connectivity index (χ3v) is 3.73. The van der Waals surface area contributed by atoms with Crippen LogP contribution < -0.4 is 5.32 Å². The molecule has 0 fully saturated rings. The first-order valence-corrected chi connectivity index (χ1v) is 6.34. The van der Waals surface area contributed by atoms with Crippen LogP contribution in [-0.4, -0.2) is 16.1 Å². The summed E-state index contributed by atoms with van der Waals surface area (Å²) in [5, 5.41) is 12.7. The maximum Gasteiger partial charge on any atom is 0.355 e. The van der Waals surface area contributed by atoms with Crippen LogP contribution in [0.4, 0.5) is 10.8 Å². The fourth-order valence-electron chi connectivity index (χ4n) is 1.65. The number of hydrogen-bond donors (Lipinski definition) is 2. The lowest BCUT2D eigenvalue weighted by atomic mass is 10.1. The summed E-state index contributed by atoms with van der Waals surface area (Å²) in [6, 6.07) is 5.96. The molecule has 4 nitrogen and oxygen atoms in total. The molecular weight excluding hydrogens is 248 g/mol. The van der Waals surface area contributed by atoms with E-state index in [9.17, 15) is 4.79 Å². The van der Waals surface area contributed by atoms with E-state index in [1.54, 1.807) is 6.92 Å². The number of aromatic nitrogens is 1. The summed E-state index contributed by atoms with van der Waals surface area (Å²) in [5.41, 5.74) is 3.41. The Balaban J connectivity index is 2.32. The van der Waals surface area contributed by atoms with E-state index in [0.717, 1.165) is 11.3 Å². The van der Waals surface area contributed by atoms with Crippen LogP contribution in [0.1, 0.15) is 26.5 Å². The number of aryl methyl sites for hydroxylation is 2. The molecule has 2 N–H and O–H groups in total. The van der Waals surface area contributed by atoms with Crippen molar-refractivity contribution in [3.05, 3.63) is 39.9 Å². The maximum absolute atomic E-state index is 10.9. The van der Waals surface area contributed by atoms with Crippen LogP contribution in [-0.2, 0) is 0 Å². The van der Waals surface area contributed by atoms with Gasteiger partial charge in [0.05, 0.1) is 0 Å². The highest BCUT2D eigenvalue weighted by Crippen LogP contribution is 2.27. The highest BCUT2D eigenvalue weighted by atomic mass is 32.1. The molecule has 0 saturated carbocycles. The zero-order valence-electron chi connectivity index (χ0n) is 10.4. The fraction of sp³-hybridized carbons (Fsp3) is 0.231. The van der Waals surface area contributed by atoms with Crippen LogP contribution in [0.25, 0.3) is 0 Å². The number of nitrogens with one attached hydrogen (secondary N) is 1. The molecule has 0 atom stereocenters. The van der Waals surface area contributed by atoms with Gasteiger partial charge in [-0.25, -0.2) is 9.78 Å². The Hall–Kier alpha value is -1.88. The third kappa shape index (κ3) is 2.36. The second-order valence-corrected chi connectivity index (χ2v) is 5.30. The lowest BCUT2D eigenvalue weighted by Crippen LogP contribution is -1.99. The van der Waals surface area contributed by atoms with Gasteiger partial charge in [-0.05, 0) is 38.0 Å². The van der Waals surface area contributed by atoms with Crippen molar-refractivity contribution in [2.45, 2.75) is 20.8 Å². The smallest absolute Gasteiger partial charge is 0.355 e. The van der Waals surface area contributed by atoms with Crippen LogP contribution in [0.3, 0.4) is 0 Å². The van der Waals surface area contributed by atoms with E-state index in [2.05, 4.69) is 10.3 Å². The number of carboxylic acids is 1. The number of aromatic carboxylic acids is 1. The van der Waals surface area contributed by atoms with Crippen molar-refractivity contribution < 1.29 is 9.90 Å². The minimum Gasteiger partial charge on any atom is -0.476 e. The molecule has 0 aliphatic carbocycles. The highest BCUT2D eigenvalue weighted by Gasteiger charge is 2.14. The number of carbonyl (C=O) groups is 1. The van der Waals surface area contributed by atoms with E-state index in [1.807, 2.05) is 32.0 Å². The Morgan fingerprint density at radius 2 is 2.06 bits per heavy atom. The van der Waals surface area contributed by atoms with Crippen molar-refractivity contribution in [3.63, 3.8) is 0 Å². The van der Waals surface area contributed by atoms with Gasteiger partial charge >= 0.3 is 5.97 Å². The molecule has 0 amide bonds. The average Bonchev–Trinajstić information content (AvgIpc) is 2.66. The number of benzene rings is 1. The first-order chi connectivity index (χ1) is 8.49. The quantitative estimate of drug-likeness (QED) is 0.888. The number of anilines is 2. The molecule has 2 aromatic rings. The van der Waals surface area contributed by atoms with Gasteiger partial charge in [-0.15, -0.1) is 11.3 Å². The lowest BCUT2D eigenvalue weighted by molar-refractivity contribution is 0.0690. The van der Waals surface area contributed by atoms with Crippen molar-refractivity contribution in [2.24, 2.45) is 0 Å². The normalized spacial score (nSPS) is 10.4. The summed E-state index contributed by atoms with van der Waals surface area (Å²) in [6.07, 6.45) is 0. The van der Waals surface area contributed by atoms with Crippen molar-refractivity contribution >= 4 is 28.1 Å². The molecule has 0 spiro atoms. The van der Waals surface area contributed by atoms with Gasteiger partial charge in [-0.2, -0.15) is 0 Å². The van der Waals surface area contributed by atoms with Gasteiger partial charge in [-0.3, -0.25) is 0 Å². The van der Waals surface area contributed by atoms with Crippen molar-refractivity contribution in [2.75, 3.05) is 5.32 Å². The maximum atomic E-state index is 10.9. The summed E-state index contributed by atoms with van der Waals surface area (Å²) in [7, 11) is 0.